The van der Waals surface area contributed by atoms with Crippen LogP contribution in [0.15, 0.2) is 23.1 Å². The van der Waals surface area contributed by atoms with Gasteiger partial charge in [-0.15, -0.1) is 0 Å². The lowest BCUT2D eigenvalue weighted by Gasteiger charge is -2.12. The molecule has 1 aromatic carbocycles. The standard InChI is InChI=1S/C14H20N2O5S/c1-4-16-22(20,21)11-6-5-9(2)12(7-11)13(17)15-8-10(3)14(18)19/h5-7,10,16H,4,8H2,1-3H3,(H,15,17)(H,18,19). The minimum Gasteiger partial charge on any atom is -0.481 e. The van der Waals surface area contributed by atoms with Crippen molar-refractivity contribution in [2.75, 3.05) is 13.1 Å². The number of carboxylic acids is 1. The Kier molecular flexibility index (Phi) is 6.07. The van der Waals surface area contributed by atoms with Crippen LogP contribution in [0.3, 0.4) is 0 Å². The maximum Gasteiger partial charge on any atom is 0.308 e. The Morgan fingerprint density at radius 1 is 1.32 bits per heavy atom. The fraction of sp³-hybridized carbons (Fsp3) is 0.429. The minimum atomic E-state index is -3.65. The van der Waals surface area contributed by atoms with E-state index in [4.69, 9.17) is 5.11 Å². The van der Waals surface area contributed by atoms with E-state index in [1.165, 1.54) is 19.1 Å². The highest BCUT2D eigenvalue weighted by atomic mass is 32.2. The van der Waals surface area contributed by atoms with Crippen molar-refractivity contribution in [1.82, 2.24) is 10.0 Å². The molecule has 3 N–H and O–H groups in total. The van der Waals surface area contributed by atoms with Crippen LogP contribution >= 0.6 is 0 Å². The van der Waals surface area contributed by atoms with Crippen LogP contribution in [0.2, 0.25) is 0 Å². The zero-order valence-electron chi connectivity index (χ0n) is 12.7. The number of nitrogens with one attached hydrogen (secondary N) is 2. The molecule has 7 nitrogen and oxygen atoms in total. The normalized spacial score (nSPS) is 12.7. The van der Waals surface area contributed by atoms with Gasteiger partial charge in [0.15, 0.2) is 0 Å². The summed E-state index contributed by atoms with van der Waals surface area (Å²) in [7, 11) is -3.65. The summed E-state index contributed by atoms with van der Waals surface area (Å²) in [5, 5.41) is 11.3. The van der Waals surface area contributed by atoms with Crippen molar-refractivity contribution >= 4 is 21.9 Å². The molecule has 1 rings (SSSR count). The van der Waals surface area contributed by atoms with Crippen LogP contribution in [0.4, 0.5) is 0 Å². The maximum absolute atomic E-state index is 12.1. The van der Waals surface area contributed by atoms with E-state index in [0.29, 0.717) is 5.56 Å². The number of carbonyl (C=O) groups excluding carboxylic acids is 1. The first kappa shape index (κ1) is 18.1. The first-order chi connectivity index (χ1) is 10.2. The van der Waals surface area contributed by atoms with Crippen molar-refractivity contribution in [3.05, 3.63) is 29.3 Å². The van der Waals surface area contributed by atoms with E-state index < -0.39 is 27.8 Å². The lowest BCUT2D eigenvalue weighted by atomic mass is 10.1. The van der Waals surface area contributed by atoms with Crippen LogP contribution in [-0.4, -0.2) is 38.5 Å². The third-order valence-electron chi connectivity index (χ3n) is 3.09. The van der Waals surface area contributed by atoms with Crippen LogP contribution in [-0.2, 0) is 14.8 Å². The topological polar surface area (TPSA) is 113 Å². The average molecular weight is 328 g/mol. The van der Waals surface area contributed by atoms with E-state index in [-0.39, 0.29) is 23.5 Å². The van der Waals surface area contributed by atoms with Gasteiger partial charge in [0.05, 0.1) is 10.8 Å². The van der Waals surface area contributed by atoms with Crippen LogP contribution in [0, 0.1) is 12.8 Å². The fourth-order valence-electron chi connectivity index (χ4n) is 1.71. The molecule has 0 aliphatic rings. The quantitative estimate of drug-likeness (QED) is 0.683. The van der Waals surface area contributed by atoms with E-state index in [0.717, 1.165) is 0 Å². The molecule has 1 unspecified atom stereocenters. The molecule has 0 spiro atoms. The lowest BCUT2D eigenvalue weighted by Crippen LogP contribution is -2.32. The van der Waals surface area contributed by atoms with Gasteiger partial charge >= 0.3 is 5.97 Å². The zero-order valence-corrected chi connectivity index (χ0v) is 13.5. The number of aliphatic carboxylic acids is 1. The van der Waals surface area contributed by atoms with Crippen LogP contribution in [0.1, 0.15) is 29.8 Å². The van der Waals surface area contributed by atoms with Crippen LogP contribution in [0.25, 0.3) is 0 Å². The highest BCUT2D eigenvalue weighted by Crippen LogP contribution is 2.15. The van der Waals surface area contributed by atoms with Gasteiger partial charge in [0.2, 0.25) is 10.0 Å². The van der Waals surface area contributed by atoms with Gasteiger partial charge in [0.1, 0.15) is 0 Å². The molecule has 0 radical (unpaired) electrons. The number of aryl methyl sites for hydroxylation is 1. The van der Waals surface area contributed by atoms with Crippen molar-refractivity contribution < 1.29 is 23.1 Å². The molecule has 0 aliphatic carbocycles. The summed E-state index contributed by atoms with van der Waals surface area (Å²) >= 11 is 0. The van der Waals surface area contributed by atoms with E-state index in [1.54, 1.807) is 19.9 Å². The second-order valence-corrected chi connectivity index (χ2v) is 6.69. The summed E-state index contributed by atoms with van der Waals surface area (Å²) < 4.78 is 26.3. The molecule has 0 fully saturated rings. The third kappa shape index (κ3) is 4.54. The van der Waals surface area contributed by atoms with Crippen molar-refractivity contribution in [3.63, 3.8) is 0 Å². The number of rotatable bonds is 7. The molecule has 1 atom stereocenters. The second-order valence-electron chi connectivity index (χ2n) is 4.93. The summed E-state index contributed by atoms with van der Waals surface area (Å²) in [4.78, 5) is 22.8. The highest BCUT2D eigenvalue weighted by Gasteiger charge is 2.18. The first-order valence-electron chi connectivity index (χ1n) is 6.80. The molecule has 8 heteroatoms. The Bertz CT molecular complexity index is 670. The summed E-state index contributed by atoms with van der Waals surface area (Å²) in [6.45, 7) is 5.03. The van der Waals surface area contributed by atoms with Gasteiger partial charge in [-0.1, -0.05) is 19.9 Å². The Labute approximate surface area is 129 Å². The molecule has 0 heterocycles. The molecule has 0 saturated heterocycles. The molecule has 22 heavy (non-hydrogen) atoms. The molecule has 0 aliphatic heterocycles. The van der Waals surface area contributed by atoms with E-state index in [1.807, 2.05) is 0 Å². The second kappa shape index (κ2) is 7.37. The van der Waals surface area contributed by atoms with Gasteiger partial charge in [-0.3, -0.25) is 9.59 Å². The Morgan fingerprint density at radius 2 is 1.95 bits per heavy atom. The molecule has 0 aromatic heterocycles. The molecule has 0 bridgehead atoms. The smallest absolute Gasteiger partial charge is 0.308 e. The van der Waals surface area contributed by atoms with Gasteiger partial charge < -0.3 is 10.4 Å². The average Bonchev–Trinajstić information content (AvgIpc) is 2.44. The van der Waals surface area contributed by atoms with Crippen molar-refractivity contribution in [2.45, 2.75) is 25.7 Å². The number of hydrogen-bond donors (Lipinski definition) is 3. The maximum atomic E-state index is 12.1. The number of sulfonamides is 1. The summed E-state index contributed by atoms with van der Waals surface area (Å²) in [5.74, 6) is -2.24. The predicted molar refractivity (Wildman–Crippen MR) is 81.2 cm³/mol. The van der Waals surface area contributed by atoms with E-state index in [9.17, 15) is 18.0 Å². The molecular weight excluding hydrogens is 308 g/mol. The molecule has 1 amide bonds. The minimum absolute atomic E-state index is 0.00335. The van der Waals surface area contributed by atoms with Gasteiger partial charge in [-0.2, -0.15) is 0 Å². The zero-order chi connectivity index (χ0) is 16.9. The Hall–Kier alpha value is -1.93. The largest absolute Gasteiger partial charge is 0.481 e. The third-order valence-corrected chi connectivity index (χ3v) is 4.63. The van der Waals surface area contributed by atoms with E-state index >= 15 is 0 Å². The summed E-state index contributed by atoms with van der Waals surface area (Å²) in [6, 6.07) is 4.25. The fourth-order valence-corrected chi connectivity index (χ4v) is 2.78. The monoisotopic (exact) mass is 328 g/mol. The van der Waals surface area contributed by atoms with Gasteiger partial charge in [0, 0.05) is 18.7 Å². The SMILES string of the molecule is CCNS(=O)(=O)c1ccc(C)c(C(=O)NCC(C)C(=O)O)c1. The van der Waals surface area contributed by atoms with Crippen molar-refractivity contribution in [3.8, 4) is 0 Å². The Balaban J connectivity index is 3.00. The number of hydrogen-bond acceptors (Lipinski definition) is 4. The molecular formula is C14H20N2O5S. The number of carboxylic acid groups (broad SMARTS) is 1. The number of carbonyl (C=O) groups is 2. The van der Waals surface area contributed by atoms with Crippen molar-refractivity contribution in [2.24, 2.45) is 5.92 Å². The predicted octanol–water partition coefficient (Wildman–Crippen LogP) is 0.744. The van der Waals surface area contributed by atoms with Gasteiger partial charge in [0.25, 0.3) is 5.91 Å². The van der Waals surface area contributed by atoms with Crippen molar-refractivity contribution in [1.29, 1.82) is 0 Å². The first-order valence-corrected chi connectivity index (χ1v) is 8.28. The van der Waals surface area contributed by atoms with Crippen LogP contribution in [0.5, 0.6) is 0 Å². The summed E-state index contributed by atoms with van der Waals surface area (Å²) in [5.41, 5.74) is 0.812. The van der Waals surface area contributed by atoms with E-state index in [2.05, 4.69) is 10.0 Å². The Morgan fingerprint density at radius 3 is 2.50 bits per heavy atom. The van der Waals surface area contributed by atoms with Crippen LogP contribution < -0.4 is 10.0 Å². The molecule has 1 aromatic rings. The molecule has 122 valence electrons. The number of amides is 1. The van der Waals surface area contributed by atoms with Gasteiger partial charge in [-0.25, -0.2) is 13.1 Å². The lowest BCUT2D eigenvalue weighted by molar-refractivity contribution is -0.140. The van der Waals surface area contributed by atoms with Gasteiger partial charge in [-0.05, 0) is 24.6 Å². The number of benzene rings is 1. The summed E-state index contributed by atoms with van der Waals surface area (Å²) in [6.07, 6.45) is 0. The highest BCUT2D eigenvalue weighted by molar-refractivity contribution is 7.89. The molecule has 0 saturated carbocycles.